The van der Waals surface area contributed by atoms with Gasteiger partial charge < -0.3 is 10.6 Å². The summed E-state index contributed by atoms with van der Waals surface area (Å²) in [7, 11) is 0. The van der Waals surface area contributed by atoms with E-state index in [0.29, 0.717) is 5.92 Å². The van der Waals surface area contributed by atoms with Crippen molar-refractivity contribution in [2.45, 2.75) is 77.9 Å². The van der Waals surface area contributed by atoms with Crippen molar-refractivity contribution in [3.8, 4) is 0 Å². The van der Waals surface area contributed by atoms with Gasteiger partial charge in [0.15, 0.2) is 0 Å². The minimum absolute atomic E-state index is 0.0240. The van der Waals surface area contributed by atoms with Crippen LogP contribution in [0, 0.1) is 17.8 Å². The van der Waals surface area contributed by atoms with Crippen molar-refractivity contribution in [2.75, 3.05) is 13.1 Å². The molecule has 1 atom stereocenters. The number of nitrogens with zero attached hydrogens (tertiary/aromatic N) is 1. The maximum Gasteiger partial charge on any atom is 0.243 e. The Balaban J connectivity index is 1.45. The average molecular weight is 414 g/mol. The minimum atomic E-state index is -0.445. The third-order valence-electron chi connectivity index (χ3n) is 6.82. The number of benzene rings is 1. The zero-order valence-electron chi connectivity index (χ0n) is 18.9. The Morgan fingerprint density at radius 3 is 2.23 bits per heavy atom. The largest absolute Gasteiger partial charge is 0.351 e. The highest BCUT2D eigenvalue weighted by Crippen LogP contribution is 2.28. The third-order valence-corrected chi connectivity index (χ3v) is 6.82. The fourth-order valence-corrected chi connectivity index (χ4v) is 4.70. The first kappa shape index (κ1) is 22.8. The van der Waals surface area contributed by atoms with E-state index in [-0.39, 0.29) is 29.7 Å². The van der Waals surface area contributed by atoms with Crippen LogP contribution in [0.2, 0.25) is 0 Å². The van der Waals surface area contributed by atoms with Crippen LogP contribution in [0.1, 0.15) is 64.9 Å². The van der Waals surface area contributed by atoms with Gasteiger partial charge in [0.25, 0.3) is 0 Å². The number of hydrogen-bond acceptors (Lipinski definition) is 3. The van der Waals surface area contributed by atoms with E-state index in [1.54, 1.807) is 0 Å². The van der Waals surface area contributed by atoms with E-state index in [1.807, 2.05) is 19.9 Å². The van der Waals surface area contributed by atoms with Crippen molar-refractivity contribution in [3.05, 3.63) is 35.9 Å². The van der Waals surface area contributed by atoms with Crippen LogP contribution >= 0.6 is 0 Å². The molecule has 2 N–H and O–H groups in total. The summed E-state index contributed by atoms with van der Waals surface area (Å²) in [6, 6.07) is 10.3. The van der Waals surface area contributed by atoms with E-state index in [2.05, 4.69) is 46.7 Å². The monoisotopic (exact) mass is 413 g/mol. The predicted molar refractivity (Wildman–Crippen MR) is 121 cm³/mol. The molecule has 2 fully saturated rings. The smallest absolute Gasteiger partial charge is 0.243 e. The molecule has 166 valence electrons. The van der Waals surface area contributed by atoms with Crippen LogP contribution in [0.4, 0.5) is 0 Å². The van der Waals surface area contributed by atoms with Crippen molar-refractivity contribution >= 4 is 11.8 Å². The summed E-state index contributed by atoms with van der Waals surface area (Å²) in [4.78, 5) is 28.1. The SMILES string of the molecule is CC1CCC(C(=O)N[C@H](C(=O)NC2CCN(Cc3ccccc3)CC2)C(C)C)CC1. The number of hydrogen-bond donors (Lipinski definition) is 2. The quantitative estimate of drug-likeness (QED) is 0.716. The molecule has 2 amide bonds. The second-order valence-corrected chi connectivity index (χ2v) is 9.73. The standard InChI is InChI=1S/C25H39N3O2/c1-18(2)23(27-24(29)21-11-9-19(3)10-12-21)25(30)26-22-13-15-28(16-14-22)17-20-7-5-4-6-8-20/h4-8,18-19,21-23H,9-17H2,1-3H3,(H,26,30)(H,27,29)/t19?,21?,23-/m0/s1. The van der Waals surface area contributed by atoms with Gasteiger partial charge in [-0.2, -0.15) is 0 Å². The molecule has 1 aromatic carbocycles. The number of piperidine rings is 1. The molecule has 0 radical (unpaired) electrons. The number of rotatable bonds is 7. The molecule has 5 heteroatoms. The summed E-state index contributed by atoms with van der Waals surface area (Å²) in [5.74, 6) is 0.898. The third kappa shape index (κ3) is 6.56. The molecule has 1 aliphatic heterocycles. The maximum atomic E-state index is 13.0. The number of carbonyl (C=O) groups is 2. The molecule has 30 heavy (non-hydrogen) atoms. The van der Waals surface area contributed by atoms with Crippen molar-refractivity contribution in [1.82, 2.24) is 15.5 Å². The molecule has 1 saturated heterocycles. The number of nitrogens with one attached hydrogen (secondary N) is 2. The second-order valence-electron chi connectivity index (χ2n) is 9.73. The van der Waals surface area contributed by atoms with Crippen molar-refractivity contribution < 1.29 is 9.59 Å². The molecule has 1 heterocycles. The van der Waals surface area contributed by atoms with E-state index >= 15 is 0 Å². The number of carbonyl (C=O) groups excluding carboxylic acids is 2. The fraction of sp³-hybridized carbons (Fsp3) is 0.680. The molecule has 1 aliphatic carbocycles. The van der Waals surface area contributed by atoms with Gasteiger partial charge in [-0.1, -0.05) is 51.1 Å². The van der Waals surface area contributed by atoms with Gasteiger partial charge in [-0.05, 0) is 55.9 Å². The van der Waals surface area contributed by atoms with E-state index in [0.717, 1.165) is 58.2 Å². The van der Waals surface area contributed by atoms with Crippen LogP contribution in [0.25, 0.3) is 0 Å². The van der Waals surface area contributed by atoms with Gasteiger partial charge in [-0.3, -0.25) is 14.5 Å². The fourth-order valence-electron chi connectivity index (χ4n) is 4.70. The molecule has 3 rings (SSSR count). The highest BCUT2D eigenvalue weighted by Gasteiger charge is 2.31. The molecule has 2 aliphatic rings. The van der Waals surface area contributed by atoms with Gasteiger partial charge in [0.2, 0.25) is 11.8 Å². The molecular formula is C25H39N3O2. The first-order valence-corrected chi connectivity index (χ1v) is 11.8. The summed E-state index contributed by atoms with van der Waals surface area (Å²) in [5, 5.41) is 6.29. The molecule has 1 aromatic rings. The zero-order chi connectivity index (χ0) is 21.5. The maximum absolute atomic E-state index is 13.0. The molecule has 0 aromatic heterocycles. The van der Waals surface area contributed by atoms with Gasteiger partial charge in [0.1, 0.15) is 6.04 Å². The zero-order valence-corrected chi connectivity index (χ0v) is 18.9. The molecule has 1 saturated carbocycles. The predicted octanol–water partition coefficient (Wildman–Crippen LogP) is 3.73. The summed E-state index contributed by atoms with van der Waals surface area (Å²) >= 11 is 0. The number of amides is 2. The normalized spacial score (nSPS) is 24.4. The molecular weight excluding hydrogens is 374 g/mol. The lowest BCUT2D eigenvalue weighted by Crippen LogP contribution is -2.54. The summed E-state index contributed by atoms with van der Waals surface area (Å²) in [6.07, 6.45) is 6.02. The number of likely N-dealkylation sites (tertiary alicyclic amines) is 1. The summed E-state index contributed by atoms with van der Waals surface area (Å²) < 4.78 is 0. The van der Waals surface area contributed by atoms with Gasteiger partial charge in [0.05, 0.1) is 0 Å². The molecule has 5 nitrogen and oxygen atoms in total. The Bertz CT molecular complexity index is 675. The highest BCUT2D eigenvalue weighted by molar-refractivity contribution is 5.88. The van der Waals surface area contributed by atoms with Crippen LogP contribution in [-0.2, 0) is 16.1 Å². The van der Waals surface area contributed by atoms with Crippen molar-refractivity contribution in [2.24, 2.45) is 17.8 Å². The molecule has 0 unspecified atom stereocenters. The van der Waals surface area contributed by atoms with Crippen molar-refractivity contribution in [1.29, 1.82) is 0 Å². The van der Waals surface area contributed by atoms with Crippen LogP contribution in [0.15, 0.2) is 30.3 Å². The first-order valence-electron chi connectivity index (χ1n) is 11.8. The van der Waals surface area contributed by atoms with Crippen LogP contribution in [-0.4, -0.2) is 41.9 Å². The second kappa shape index (κ2) is 10.9. The topological polar surface area (TPSA) is 61.4 Å². The molecule has 0 bridgehead atoms. The Morgan fingerprint density at radius 1 is 1.00 bits per heavy atom. The minimum Gasteiger partial charge on any atom is -0.351 e. The van der Waals surface area contributed by atoms with Crippen LogP contribution in [0.5, 0.6) is 0 Å². The Kier molecular flexibility index (Phi) is 8.32. The summed E-state index contributed by atoms with van der Waals surface area (Å²) in [6.45, 7) is 9.21. The Morgan fingerprint density at radius 2 is 1.63 bits per heavy atom. The lowest BCUT2D eigenvalue weighted by molar-refractivity contribution is -0.133. The molecule has 0 spiro atoms. The lowest BCUT2D eigenvalue weighted by Gasteiger charge is -2.34. The van der Waals surface area contributed by atoms with Crippen molar-refractivity contribution in [3.63, 3.8) is 0 Å². The van der Waals surface area contributed by atoms with E-state index in [4.69, 9.17) is 0 Å². The van der Waals surface area contributed by atoms with Crippen LogP contribution in [0.3, 0.4) is 0 Å². The summed E-state index contributed by atoms with van der Waals surface area (Å²) in [5.41, 5.74) is 1.33. The van der Waals surface area contributed by atoms with Gasteiger partial charge >= 0.3 is 0 Å². The Labute approximate surface area is 182 Å². The van der Waals surface area contributed by atoms with Gasteiger partial charge in [-0.25, -0.2) is 0 Å². The van der Waals surface area contributed by atoms with Gasteiger partial charge in [-0.15, -0.1) is 0 Å². The Hall–Kier alpha value is -1.88. The van der Waals surface area contributed by atoms with Gasteiger partial charge in [0, 0.05) is 31.6 Å². The van der Waals surface area contributed by atoms with E-state index in [1.165, 1.54) is 5.56 Å². The van der Waals surface area contributed by atoms with E-state index < -0.39 is 6.04 Å². The first-order chi connectivity index (χ1) is 14.4. The lowest BCUT2D eigenvalue weighted by atomic mass is 9.82. The van der Waals surface area contributed by atoms with E-state index in [9.17, 15) is 9.59 Å². The highest BCUT2D eigenvalue weighted by atomic mass is 16.2. The average Bonchev–Trinajstić information content (AvgIpc) is 2.74. The van der Waals surface area contributed by atoms with Crippen LogP contribution < -0.4 is 10.6 Å².